The van der Waals surface area contributed by atoms with Gasteiger partial charge in [0, 0.05) is 6.54 Å². The van der Waals surface area contributed by atoms with Crippen LogP contribution >= 0.6 is 23.2 Å². The number of benzene rings is 1. The molecule has 6 nitrogen and oxygen atoms in total. The van der Waals surface area contributed by atoms with Crippen molar-refractivity contribution in [1.29, 1.82) is 0 Å². The van der Waals surface area contributed by atoms with E-state index in [1.165, 1.54) is 4.57 Å². The van der Waals surface area contributed by atoms with Crippen molar-refractivity contribution in [3.8, 4) is 5.69 Å². The van der Waals surface area contributed by atoms with Crippen LogP contribution in [0.25, 0.3) is 5.69 Å². The minimum atomic E-state index is -0.436. The monoisotopic (exact) mass is 314 g/mol. The fraction of sp³-hybridized carbons (Fsp3) is 0.333. The number of halogens is 2. The van der Waals surface area contributed by atoms with Gasteiger partial charge >= 0.3 is 5.69 Å². The number of nitrogens with one attached hydrogen (secondary N) is 2. The summed E-state index contributed by atoms with van der Waals surface area (Å²) in [5.74, 6) is 0.518. The summed E-state index contributed by atoms with van der Waals surface area (Å²) >= 11 is 11.9. The molecule has 2 atom stereocenters. The second kappa shape index (κ2) is 5.21. The summed E-state index contributed by atoms with van der Waals surface area (Å²) in [6, 6.07) is 4.74. The van der Waals surface area contributed by atoms with Gasteiger partial charge in [0.05, 0.1) is 27.9 Å². The Morgan fingerprint density at radius 2 is 2.15 bits per heavy atom. The highest BCUT2D eigenvalue weighted by Gasteiger charge is 2.28. The van der Waals surface area contributed by atoms with Crippen molar-refractivity contribution in [2.45, 2.75) is 18.6 Å². The maximum absolute atomic E-state index is 12.0. The van der Waals surface area contributed by atoms with Gasteiger partial charge in [-0.3, -0.25) is 0 Å². The molecule has 2 aromatic rings. The molecule has 106 valence electrons. The number of β-amino-alcohol motifs (C(OH)–C–C–N with tert-alkyl or cyclic N) is 1. The van der Waals surface area contributed by atoms with Crippen molar-refractivity contribution in [3.63, 3.8) is 0 Å². The second-order valence-electron chi connectivity index (χ2n) is 4.67. The zero-order valence-corrected chi connectivity index (χ0v) is 11.8. The number of hydrogen-bond donors (Lipinski definition) is 3. The van der Waals surface area contributed by atoms with Crippen LogP contribution in [0.5, 0.6) is 0 Å². The first-order valence-electron chi connectivity index (χ1n) is 6.10. The Morgan fingerprint density at radius 3 is 2.80 bits per heavy atom. The van der Waals surface area contributed by atoms with Gasteiger partial charge in [0.15, 0.2) is 5.82 Å². The topological polar surface area (TPSA) is 82.9 Å². The van der Waals surface area contributed by atoms with Crippen LogP contribution in [0.15, 0.2) is 23.0 Å². The molecule has 0 spiro atoms. The summed E-state index contributed by atoms with van der Waals surface area (Å²) in [5, 5.41) is 19.9. The number of nitrogens with zero attached hydrogens (tertiary/aromatic N) is 2. The van der Waals surface area contributed by atoms with E-state index in [-0.39, 0.29) is 11.7 Å². The third-order valence-electron chi connectivity index (χ3n) is 3.28. The highest BCUT2D eigenvalue weighted by molar-refractivity contribution is 6.42. The Morgan fingerprint density at radius 1 is 1.35 bits per heavy atom. The normalized spacial score (nSPS) is 22.4. The summed E-state index contributed by atoms with van der Waals surface area (Å²) in [6.07, 6.45) is 0.0695. The lowest BCUT2D eigenvalue weighted by atomic mass is 10.2. The van der Waals surface area contributed by atoms with E-state index in [4.69, 9.17) is 23.2 Å². The highest BCUT2D eigenvalue weighted by Crippen LogP contribution is 2.27. The molecule has 0 unspecified atom stereocenters. The van der Waals surface area contributed by atoms with Crippen molar-refractivity contribution in [3.05, 3.63) is 44.6 Å². The number of aliphatic hydroxyl groups is 1. The summed E-state index contributed by atoms with van der Waals surface area (Å²) < 4.78 is 1.43. The molecule has 0 saturated carbocycles. The van der Waals surface area contributed by atoms with E-state index in [0.717, 1.165) is 0 Å². The molecule has 1 aromatic heterocycles. The number of aliphatic hydroxyl groups excluding tert-OH is 1. The fourth-order valence-electron chi connectivity index (χ4n) is 2.33. The van der Waals surface area contributed by atoms with Crippen molar-refractivity contribution in [2.24, 2.45) is 0 Å². The Balaban J connectivity index is 2.07. The Labute approximate surface area is 124 Å². The van der Waals surface area contributed by atoms with E-state index < -0.39 is 6.10 Å². The van der Waals surface area contributed by atoms with Crippen molar-refractivity contribution in [1.82, 2.24) is 20.1 Å². The third-order valence-corrected chi connectivity index (χ3v) is 4.02. The first kappa shape index (κ1) is 13.6. The van der Waals surface area contributed by atoms with Gasteiger partial charge in [-0.1, -0.05) is 23.2 Å². The summed E-state index contributed by atoms with van der Waals surface area (Å²) in [4.78, 5) is 12.0. The van der Waals surface area contributed by atoms with E-state index in [0.29, 0.717) is 34.5 Å². The first-order chi connectivity index (χ1) is 9.56. The predicted molar refractivity (Wildman–Crippen MR) is 75.6 cm³/mol. The van der Waals surface area contributed by atoms with E-state index in [9.17, 15) is 9.90 Å². The molecule has 0 amide bonds. The summed E-state index contributed by atoms with van der Waals surface area (Å²) in [6.45, 7) is 0.479. The largest absolute Gasteiger partial charge is 0.392 e. The van der Waals surface area contributed by atoms with Gasteiger partial charge in [-0.2, -0.15) is 5.10 Å². The van der Waals surface area contributed by atoms with Crippen LogP contribution in [-0.4, -0.2) is 32.5 Å². The van der Waals surface area contributed by atoms with E-state index in [1.54, 1.807) is 18.2 Å². The molecule has 1 aliphatic rings. The molecule has 1 fully saturated rings. The van der Waals surface area contributed by atoms with Gasteiger partial charge in [-0.05, 0) is 24.6 Å². The number of hydrogen-bond acceptors (Lipinski definition) is 4. The molecular formula is C12H12Cl2N4O2. The van der Waals surface area contributed by atoms with Crippen molar-refractivity contribution in [2.75, 3.05) is 6.54 Å². The molecule has 8 heteroatoms. The van der Waals surface area contributed by atoms with Crippen LogP contribution in [0.1, 0.15) is 18.3 Å². The number of aromatic amines is 1. The number of H-pyrrole nitrogens is 1. The van der Waals surface area contributed by atoms with Crippen LogP contribution in [-0.2, 0) is 0 Å². The summed E-state index contributed by atoms with van der Waals surface area (Å²) in [5.41, 5.74) is 0.220. The Hall–Kier alpha value is -1.34. The SMILES string of the molecule is O=c1[nH]nc([C@@H]2C[C@@H](O)CN2)n1-c1ccc(Cl)c(Cl)c1. The quantitative estimate of drug-likeness (QED) is 0.779. The minimum absolute atomic E-state index is 0.182. The molecular weight excluding hydrogens is 303 g/mol. The van der Waals surface area contributed by atoms with Gasteiger partial charge in [0.1, 0.15) is 0 Å². The smallest absolute Gasteiger partial charge is 0.347 e. The van der Waals surface area contributed by atoms with Gasteiger partial charge in [0.25, 0.3) is 0 Å². The summed E-state index contributed by atoms with van der Waals surface area (Å²) in [7, 11) is 0. The van der Waals surface area contributed by atoms with Gasteiger partial charge in [-0.25, -0.2) is 14.5 Å². The van der Waals surface area contributed by atoms with E-state index >= 15 is 0 Å². The van der Waals surface area contributed by atoms with Crippen molar-refractivity contribution >= 4 is 23.2 Å². The third kappa shape index (κ3) is 2.35. The fourth-order valence-corrected chi connectivity index (χ4v) is 2.62. The molecule has 3 rings (SSSR count). The second-order valence-corrected chi connectivity index (χ2v) is 5.49. The van der Waals surface area contributed by atoms with Gasteiger partial charge in [0.2, 0.25) is 0 Å². The van der Waals surface area contributed by atoms with E-state index in [2.05, 4.69) is 15.5 Å². The van der Waals surface area contributed by atoms with E-state index in [1.807, 2.05) is 0 Å². The Kier molecular flexibility index (Phi) is 3.55. The highest BCUT2D eigenvalue weighted by atomic mass is 35.5. The van der Waals surface area contributed by atoms with Crippen molar-refractivity contribution < 1.29 is 5.11 Å². The zero-order valence-electron chi connectivity index (χ0n) is 10.3. The lowest BCUT2D eigenvalue weighted by molar-refractivity contribution is 0.193. The Bertz CT molecular complexity index is 697. The minimum Gasteiger partial charge on any atom is -0.392 e. The van der Waals surface area contributed by atoms with Crippen LogP contribution in [0.4, 0.5) is 0 Å². The van der Waals surface area contributed by atoms with Gasteiger partial charge < -0.3 is 10.4 Å². The van der Waals surface area contributed by atoms with Crippen LogP contribution in [0, 0.1) is 0 Å². The molecule has 1 aliphatic heterocycles. The molecule has 0 aliphatic carbocycles. The molecule has 0 radical (unpaired) electrons. The van der Waals surface area contributed by atoms with Gasteiger partial charge in [-0.15, -0.1) is 0 Å². The average Bonchev–Trinajstić information content (AvgIpc) is 2.99. The lowest BCUT2D eigenvalue weighted by Gasteiger charge is -2.11. The average molecular weight is 315 g/mol. The maximum atomic E-state index is 12.0. The number of aromatic nitrogens is 3. The molecule has 20 heavy (non-hydrogen) atoms. The van der Waals surface area contributed by atoms with Crippen LogP contribution in [0.2, 0.25) is 10.0 Å². The molecule has 1 saturated heterocycles. The molecule has 2 heterocycles. The zero-order chi connectivity index (χ0) is 14.3. The molecule has 1 aromatic carbocycles. The van der Waals surface area contributed by atoms with Crippen LogP contribution in [0.3, 0.4) is 0 Å². The lowest BCUT2D eigenvalue weighted by Crippen LogP contribution is -2.22. The molecule has 0 bridgehead atoms. The predicted octanol–water partition coefficient (Wildman–Crippen LogP) is 1.26. The number of rotatable bonds is 2. The standard InChI is InChI=1S/C12H12Cl2N4O2/c13-8-2-1-6(3-9(8)14)18-11(16-17-12(18)20)10-4-7(19)5-15-10/h1-3,7,10,15,19H,4-5H2,(H,17,20)/t7-,10+/m1/s1. The molecule has 3 N–H and O–H groups in total. The first-order valence-corrected chi connectivity index (χ1v) is 6.86. The maximum Gasteiger partial charge on any atom is 0.347 e. The van der Waals surface area contributed by atoms with Crippen LogP contribution < -0.4 is 11.0 Å².